The average molecular weight is 2080 g/mol. The van der Waals surface area contributed by atoms with E-state index in [9.17, 15) is 174 Å². The molecule has 0 aliphatic carbocycles. The van der Waals surface area contributed by atoms with Gasteiger partial charge < -0.3 is 91.4 Å². The molecule has 14 N–H and O–H groups in total. The second-order valence-electron chi connectivity index (χ2n) is 36.1. The Balaban J connectivity index is 0.000000133. The number of halogens is 24. The molecule has 8 saturated heterocycles. The van der Waals surface area contributed by atoms with Gasteiger partial charge in [0.1, 0.15) is 22.3 Å². The zero-order valence-electron chi connectivity index (χ0n) is 74.1. The van der Waals surface area contributed by atoms with E-state index in [4.69, 9.17) is 0 Å². The maximum Gasteiger partial charge on any atom is 0.418 e. The standard InChI is InChI=1S/2C24H19F6N3O4.2C24H19F6N3O3/c2*25-23(26,27)12-2-1-3-15-20(12)21(36)11(9-31-15)22(37)32-14-5-4-10(6-13(14)24(28,29)30)33-16-7-18(34)17(33)8-19(16)35;2*25-23(26,27)14-2-1-3-17-20(14)21(35)13(10-31-17)22(36)32-16-6-4-11(8-15(16)24(28,29)30)33-12-5-7-18(33)19(34)9-12/h2*1-6,9,16-19,34-35H,7-8H2,(H,31,36)(H,32,37);2*1-4,6,8,10,12,18-19,34H,5,7,9H2,(H,31,35)(H,32,36)/t16?,17?,18-,19?;16?,17?,18-,19+;2*12?,18?,19-/m0.10/s1. The predicted molar refractivity (Wildman–Crippen MR) is 478 cm³/mol. The minimum absolute atomic E-state index is 0.0757. The molecule has 0 radical (unpaired) electrons. The maximum atomic E-state index is 13.9. The van der Waals surface area contributed by atoms with Crippen molar-refractivity contribution in [2.24, 2.45) is 0 Å². The molecule has 14 atom stereocenters. The molecule has 8 fully saturated rings. The van der Waals surface area contributed by atoms with Crippen molar-refractivity contribution in [2.75, 3.05) is 40.9 Å². The number of nitrogens with zero attached hydrogens (tertiary/aromatic N) is 4. The van der Waals surface area contributed by atoms with Crippen LogP contribution in [-0.2, 0) is 49.4 Å². The molecule has 146 heavy (non-hydrogen) atoms. The van der Waals surface area contributed by atoms with Crippen LogP contribution < -0.4 is 62.6 Å². The zero-order valence-corrected chi connectivity index (χ0v) is 74.1. The number of pyridine rings is 4. The topological polar surface area (TPSA) is 382 Å². The van der Waals surface area contributed by atoms with Crippen LogP contribution in [0.2, 0.25) is 0 Å². The van der Waals surface area contributed by atoms with Gasteiger partial charge in [0.15, 0.2) is 0 Å². The van der Waals surface area contributed by atoms with Crippen LogP contribution in [0.5, 0.6) is 0 Å². The lowest BCUT2D eigenvalue weighted by molar-refractivity contribution is -0.137. The largest absolute Gasteiger partial charge is 0.418 e. The number of hydrogen-bond acceptors (Lipinski definition) is 18. The Morgan fingerprint density at radius 2 is 0.452 bits per heavy atom. The molecule has 8 aliphatic rings. The number of amides is 4. The van der Waals surface area contributed by atoms with Crippen molar-refractivity contribution in [1.29, 1.82) is 0 Å². The number of hydrogen-bond donors (Lipinski definition) is 14. The maximum absolute atomic E-state index is 13.9. The van der Waals surface area contributed by atoms with Gasteiger partial charge in [0.25, 0.3) is 23.6 Å². The van der Waals surface area contributed by atoms with Crippen LogP contribution in [0, 0.1) is 0 Å². The summed E-state index contributed by atoms with van der Waals surface area (Å²) < 4.78 is 328. The quantitative estimate of drug-likeness (QED) is 0.0505. The summed E-state index contributed by atoms with van der Waals surface area (Å²) in [5.74, 6) is -5.23. The van der Waals surface area contributed by atoms with E-state index in [1.807, 2.05) is 21.3 Å². The number of alkyl halides is 24. The lowest BCUT2D eigenvalue weighted by atomic mass is 9.95. The fraction of sp³-hybridized carbons (Fsp3) is 0.333. The van der Waals surface area contributed by atoms with E-state index in [0.29, 0.717) is 49.9 Å². The van der Waals surface area contributed by atoms with Crippen molar-refractivity contribution >= 4 is 113 Å². The van der Waals surface area contributed by atoms with Crippen LogP contribution in [0.3, 0.4) is 0 Å². The number of benzene rings is 8. The van der Waals surface area contributed by atoms with Crippen LogP contribution in [0.15, 0.2) is 190 Å². The molecule has 8 bridgehead atoms. The van der Waals surface area contributed by atoms with Crippen LogP contribution >= 0.6 is 0 Å². The van der Waals surface area contributed by atoms with Gasteiger partial charge in [0.2, 0.25) is 21.7 Å². The number of fused-ring (bicyclic) bond motifs is 12. The first-order valence-corrected chi connectivity index (χ1v) is 44.4. The molecule has 4 aromatic heterocycles. The molecule has 26 nitrogen and oxygen atoms in total. The minimum Gasteiger partial charge on any atom is -0.391 e. The second-order valence-corrected chi connectivity index (χ2v) is 36.1. The molecule has 0 saturated carbocycles. The number of nitrogens with one attached hydrogen (secondary N) is 8. The highest BCUT2D eigenvalue weighted by Crippen LogP contribution is 2.52. The number of aliphatic hydroxyl groups is 6. The van der Waals surface area contributed by atoms with Gasteiger partial charge in [-0.15, -0.1) is 0 Å². The second kappa shape index (κ2) is 37.7. The monoisotopic (exact) mass is 2080 g/mol. The summed E-state index contributed by atoms with van der Waals surface area (Å²) in [6.45, 7) is 0. The van der Waals surface area contributed by atoms with Crippen LogP contribution in [0.1, 0.15) is 150 Å². The molecule has 12 heterocycles. The van der Waals surface area contributed by atoms with Gasteiger partial charge >= 0.3 is 49.4 Å². The Kier molecular flexibility index (Phi) is 26.6. The highest BCUT2D eigenvalue weighted by molar-refractivity contribution is 6.10. The molecule has 9 unspecified atom stereocenters. The number of H-pyrrole nitrogens is 4. The van der Waals surface area contributed by atoms with Crippen molar-refractivity contribution < 1.29 is 155 Å². The molecular weight excluding hydrogens is 2000 g/mol. The summed E-state index contributed by atoms with van der Waals surface area (Å²) in [6, 6.07) is 21.4. The molecule has 4 amide bonds. The first-order valence-electron chi connectivity index (χ1n) is 44.4. The SMILES string of the molecule is O=C(Nc1ccc(N2C3CCC2[C@@H](O)C3)cc1C(F)(F)F)c1c[nH]c2cccc(C(F)(F)F)c2c1=O.O=C(Nc1ccc(N2C3CCC2[C@H](O)C3)cc1C(F)(F)F)c1c[nH]c2cccc(C(F)(F)F)c2c1=O.O=C(Nc1ccc(N2C3C[C@H](O)C2CC3O)cc1C(F)(F)F)c1c[nH]c2cccc(C(F)(F)F)c2c1=O.O=C(Nc1ccc(N2C3C[C@H](O)C2C[C@H]3O)cc1C(F)(F)F)c1c[nH]c2cccc(C(F)(F)F)c2c1=O. The smallest absolute Gasteiger partial charge is 0.391 e. The van der Waals surface area contributed by atoms with Crippen LogP contribution in [0.25, 0.3) is 43.6 Å². The number of aromatic nitrogens is 4. The summed E-state index contributed by atoms with van der Waals surface area (Å²) >= 11 is 0. The molecule has 12 aromatic rings. The Labute approximate surface area is 802 Å². The van der Waals surface area contributed by atoms with E-state index >= 15 is 0 Å². The Hall–Kier alpha value is -14.2. The molecule has 50 heteroatoms. The zero-order chi connectivity index (χ0) is 106. The number of aliphatic hydroxyl groups excluding tert-OH is 6. The third-order valence-electron chi connectivity index (χ3n) is 27.4. The van der Waals surface area contributed by atoms with Gasteiger partial charge in [-0.25, -0.2) is 0 Å². The third kappa shape index (κ3) is 19.5. The Bertz CT molecular complexity index is 7000. The summed E-state index contributed by atoms with van der Waals surface area (Å²) in [5, 5.41) is 65.7. The fourth-order valence-electron chi connectivity index (χ4n) is 21.0. The van der Waals surface area contributed by atoms with E-state index in [0.717, 1.165) is 110 Å². The Morgan fingerprint density at radius 3 is 0.637 bits per heavy atom. The summed E-state index contributed by atoms with van der Waals surface area (Å²) in [4.78, 5) is 119. The molecule has 8 aromatic carbocycles. The first kappa shape index (κ1) is 103. The number of rotatable bonds is 12. The minimum atomic E-state index is -4.95. The lowest BCUT2D eigenvalue weighted by Gasteiger charge is -2.26. The molecule has 8 aliphatic heterocycles. The van der Waals surface area contributed by atoms with E-state index in [2.05, 4.69) is 19.9 Å². The number of carbonyl (C=O) groups excluding carboxylic acids is 4. The van der Waals surface area contributed by atoms with Gasteiger partial charge in [0, 0.05) is 81.7 Å². The van der Waals surface area contributed by atoms with E-state index in [1.54, 1.807) is 9.80 Å². The van der Waals surface area contributed by atoms with Crippen molar-refractivity contribution in [3.05, 3.63) is 278 Å². The van der Waals surface area contributed by atoms with Gasteiger partial charge in [-0.3, -0.25) is 38.4 Å². The normalized spacial score (nSPS) is 22.8. The Morgan fingerprint density at radius 1 is 0.253 bits per heavy atom. The molecule has 20 rings (SSSR count). The molecule has 772 valence electrons. The van der Waals surface area contributed by atoms with E-state index < -0.39 is 267 Å². The number of anilines is 8. The highest BCUT2D eigenvalue weighted by Gasteiger charge is 2.55. The first-order chi connectivity index (χ1) is 68.3. The molecule has 0 spiro atoms. The van der Waals surface area contributed by atoms with Gasteiger partial charge in [-0.2, -0.15) is 105 Å². The third-order valence-corrected chi connectivity index (χ3v) is 27.4. The lowest BCUT2D eigenvalue weighted by Crippen LogP contribution is -2.33. The summed E-state index contributed by atoms with van der Waals surface area (Å²) in [6.07, 6.45) is -35.9. The van der Waals surface area contributed by atoms with Crippen molar-refractivity contribution in [3.63, 3.8) is 0 Å². The van der Waals surface area contributed by atoms with E-state index in [1.165, 1.54) is 58.3 Å². The van der Waals surface area contributed by atoms with Crippen LogP contribution in [0.4, 0.5) is 151 Å². The van der Waals surface area contributed by atoms with Crippen LogP contribution in [-0.4, -0.2) is 159 Å². The number of aromatic amines is 4. The van der Waals surface area contributed by atoms with Crippen molar-refractivity contribution in [3.8, 4) is 0 Å². The van der Waals surface area contributed by atoms with Gasteiger partial charge in [-0.1, -0.05) is 24.3 Å². The van der Waals surface area contributed by atoms with Gasteiger partial charge in [-0.05, 0) is 186 Å². The number of carbonyl (C=O) groups is 4. The van der Waals surface area contributed by atoms with Crippen molar-refractivity contribution in [1.82, 2.24) is 19.9 Å². The molecular formula is C96H76F24N12O14. The predicted octanol–water partition coefficient (Wildman–Crippen LogP) is 17.6. The average Bonchev–Trinajstić information content (AvgIpc) is 1.59. The fourth-order valence-corrected chi connectivity index (χ4v) is 21.0. The van der Waals surface area contributed by atoms with Gasteiger partial charge in [0.05, 0.1) is 162 Å². The summed E-state index contributed by atoms with van der Waals surface area (Å²) in [7, 11) is 0. The van der Waals surface area contributed by atoms with E-state index in [-0.39, 0.29) is 94.7 Å². The highest BCUT2D eigenvalue weighted by atomic mass is 19.4. The summed E-state index contributed by atoms with van der Waals surface area (Å²) in [5.41, 5.74) is -21.0. The van der Waals surface area contributed by atoms with Crippen molar-refractivity contribution in [2.45, 2.75) is 199 Å².